The highest BCUT2D eigenvalue weighted by Crippen LogP contribution is 2.03. The van der Waals surface area contributed by atoms with Crippen molar-refractivity contribution in [2.45, 2.75) is 20.0 Å². The van der Waals surface area contributed by atoms with Crippen LogP contribution in [0.4, 0.5) is 0 Å². The lowest BCUT2D eigenvalue weighted by Gasteiger charge is -2.10. The number of aliphatic hydroxyl groups is 1. The summed E-state index contributed by atoms with van der Waals surface area (Å²) in [6.45, 7) is 6.62. The quantitative estimate of drug-likeness (QED) is 0.651. The Morgan fingerprint density at radius 2 is 2.07 bits per heavy atom. The SMILES string of the molecule is C=C(C)C(=O)NCC(O)CSC(C)=O. The van der Waals surface area contributed by atoms with Gasteiger partial charge in [-0.15, -0.1) is 0 Å². The smallest absolute Gasteiger partial charge is 0.246 e. The van der Waals surface area contributed by atoms with Crippen molar-refractivity contribution >= 4 is 22.8 Å². The van der Waals surface area contributed by atoms with Crippen LogP contribution in [0.2, 0.25) is 0 Å². The van der Waals surface area contributed by atoms with Crippen LogP contribution in [-0.4, -0.2) is 34.5 Å². The Hall–Kier alpha value is -0.810. The monoisotopic (exact) mass is 217 g/mol. The largest absolute Gasteiger partial charge is 0.390 e. The predicted octanol–water partition coefficient (Wildman–Crippen LogP) is 0.319. The van der Waals surface area contributed by atoms with Gasteiger partial charge in [-0.05, 0) is 6.92 Å². The van der Waals surface area contributed by atoms with E-state index in [1.165, 1.54) is 6.92 Å². The van der Waals surface area contributed by atoms with Crippen molar-refractivity contribution in [3.8, 4) is 0 Å². The topological polar surface area (TPSA) is 66.4 Å². The minimum absolute atomic E-state index is 0.0460. The Kier molecular flexibility index (Phi) is 6.23. The molecule has 0 aromatic carbocycles. The Morgan fingerprint density at radius 1 is 1.50 bits per heavy atom. The lowest BCUT2D eigenvalue weighted by atomic mass is 10.3. The van der Waals surface area contributed by atoms with Crippen LogP contribution in [0.25, 0.3) is 0 Å². The van der Waals surface area contributed by atoms with E-state index in [4.69, 9.17) is 0 Å². The second kappa shape index (κ2) is 6.62. The van der Waals surface area contributed by atoms with Gasteiger partial charge in [0.2, 0.25) is 5.91 Å². The van der Waals surface area contributed by atoms with E-state index in [0.717, 1.165) is 11.8 Å². The van der Waals surface area contributed by atoms with Gasteiger partial charge in [-0.2, -0.15) is 0 Å². The van der Waals surface area contributed by atoms with Crippen LogP contribution in [0, 0.1) is 0 Å². The number of hydrogen-bond donors (Lipinski definition) is 2. The summed E-state index contributed by atoms with van der Waals surface area (Å²) < 4.78 is 0. The number of carbonyl (C=O) groups excluding carboxylic acids is 2. The van der Waals surface area contributed by atoms with Crippen LogP contribution in [0.15, 0.2) is 12.2 Å². The molecule has 0 radical (unpaired) electrons. The van der Waals surface area contributed by atoms with E-state index in [2.05, 4.69) is 11.9 Å². The molecule has 0 aromatic heterocycles. The molecule has 0 saturated heterocycles. The number of nitrogens with one attached hydrogen (secondary N) is 1. The van der Waals surface area contributed by atoms with E-state index in [-0.39, 0.29) is 17.6 Å². The van der Waals surface area contributed by atoms with Crippen molar-refractivity contribution in [3.05, 3.63) is 12.2 Å². The highest BCUT2D eigenvalue weighted by Gasteiger charge is 2.08. The summed E-state index contributed by atoms with van der Waals surface area (Å²) in [7, 11) is 0. The molecule has 0 aromatic rings. The molecule has 80 valence electrons. The standard InChI is InChI=1S/C9H15NO3S/c1-6(2)9(13)10-4-8(12)5-14-7(3)11/h8,12H,1,4-5H2,2-3H3,(H,10,13). The van der Waals surface area contributed by atoms with E-state index in [1.807, 2.05) is 0 Å². The third kappa shape index (κ3) is 6.68. The third-order valence-electron chi connectivity index (χ3n) is 1.36. The van der Waals surface area contributed by atoms with E-state index in [0.29, 0.717) is 11.3 Å². The summed E-state index contributed by atoms with van der Waals surface area (Å²) >= 11 is 1.04. The summed E-state index contributed by atoms with van der Waals surface area (Å²) in [6.07, 6.45) is -0.702. The van der Waals surface area contributed by atoms with Gasteiger partial charge in [0, 0.05) is 24.8 Å². The molecule has 5 heteroatoms. The second-order valence-electron chi connectivity index (χ2n) is 2.95. The van der Waals surface area contributed by atoms with Gasteiger partial charge in [0.15, 0.2) is 5.12 Å². The molecule has 0 bridgehead atoms. The van der Waals surface area contributed by atoms with Crippen molar-refractivity contribution < 1.29 is 14.7 Å². The molecule has 0 spiro atoms. The van der Waals surface area contributed by atoms with E-state index < -0.39 is 6.10 Å². The zero-order valence-electron chi connectivity index (χ0n) is 8.37. The first-order valence-corrected chi connectivity index (χ1v) is 5.17. The van der Waals surface area contributed by atoms with Crippen molar-refractivity contribution in [1.82, 2.24) is 5.32 Å². The zero-order valence-corrected chi connectivity index (χ0v) is 9.19. The van der Waals surface area contributed by atoms with Crippen LogP contribution in [0.3, 0.4) is 0 Å². The van der Waals surface area contributed by atoms with Crippen LogP contribution in [0.5, 0.6) is 0 Å². The summed E-state index contributed by atoms with van der Waals surface area (Å²) in [4.78, 5) is 21.5. The maximum atomic E-state index is 11.0. The van der Waals surface area contributed by atoms with Gasteiger partial charge in [0.1, 0.15) is 0 Å². The van der Waals surface area contributed by atoms with Gasteiger partial charge < -0.3 is 10.4 Å². The van der Waals surface area contributed by atoms with Crippen LogP contribution in [-0.2, 0) is 9.59 Å². The van der Waals surface area contributed by atoms with Crippen LogP contribution in [0.1, 0.15) is 13.8 Å². The molecule has 0 heterocycles. The number of thioether (sulfide) groups is 1. The molecular weight excluding hydrogens is 202 g/mol. The Labute approximate surface area is 87.8 Å². The molecule has 1 unspecified atom stereocenters. The molecule has 0 fully saturated rings. The number of rotatable bonds is 5. The van der Waals surface area contributed by atoms with Gasteiger partial charge in [0.05, 0.1) is 6.10 Å². The van der Waals surface area contributed by atoms with E-state index in [9.17, 15) is 14.7 Å². The second-order valence-corrected chi connectivity index (χ2v) is 4.14. The number of carbonyl (C=O) groups is 2. The molecule has 1 atom stereocenters. The molecule has 0 saturated carbocycles. The Bertz CT molecular complexity index is 240. The predicted molar refractivity (Wildman–Crippen MR) is 57.0 cm³/mol. The third-order valence-corrected chi connectivity index (χ3v) is 2.32. The summed E-state index contributed by atoms with van der Waals surface area (Å²) in [5.41, 5.74) is 0.399. The Balaban J connectivity index is 3.63. The number of aliphatic hydroxyl groups excluding tert-OH is 1. The van der Waals surface area contributed by atoms with Gasteiger partial charge in [-0.1, -0.05) is 18.3 Å². The summed E-state index contributed by atoms with van der Waals surface area (Å²) in [6, 6.07) is 0. The Morgan fingerprint density at radius 3 is 2.50 bits per heavy atom. The molecule has 1 amide bonds. The first kappa shape index (κ1) is 13.2. The average molecular weight is 217 g/mol. The fourth-order valence-electron chi connectivity index (χ4n) is 0.634. The zero-order chi connectivity index (χ0) is 11.1. The molecule has 0 aliphatic heterocycles. The fourth-order valence-corrected chi connectivity index (χ4v) is 1.18. The molecule has 2 N–H and O–H groups in total. The van der Waals surface area contributed by atoms with Crippen molar-refractivity contribution in [2.24, 2.45) is 0 Å². The van der Waals surface area contributed by atoms with Crippen molar-refractivity contribution in [3.63, 3.8) is 0 Å². The van der Waals surface area contributed by atoms with E-state index in [1.54, 1.807) is 6.92 Å². The van der Waals surface area contributed by atoms with Crippen LogP contribution >= 0.6 is 11.8 Å². The maximum absolute atomic E-state index is 11.0. The molecule has 0 rings (SSSR count). The summed E-state index contributed by atoms with van der Waals surface area (Å²) in [5, 5.41) is 11.8. The average Bonchev–Trinajstić information content (AvgIpc) is 2.10. The molecule has 0 aliphatic rings. The minimum Gasteiger partial charge on any atom is -0.390 e. The number of hydrogen-bond acceptors (Lipinski definition) is 4. The van der Waals surface area contributed by atoms with Gasteiger partial charge in [0.25, 0.3) is 0 Å². The fraction of sp³-hybridized carbons (Fsp3) is 0.556. The molecular formula is C9H15NO3S. The normalized spacial score (nSPS) is 11.9. The molecule has 14 heavy (non-hydrogen) atoms. The molecule has 4 nitrogen and oxygen atoms in total. The highest BCUT2D eigenvalue weighted by molar-refractivity contribution is 8.13. The number of amides is 1. The lowest BCUT2D eigenvalue weighted by molar-refractivity contribution is -0.117. The van der Waals surface area contributed by atoms with E-state index >= 15 is 0 Å². The van der Waals surface area contributed by atoms with Crippen LogP contribution < -0.4 is 5.32 Å². The molecule has 0 aliphatic carbocycles. The summed E-state index contributed by atoms with van der Waals surface area (Å²) in [5.74, 6) is 0.0168. The highest BCUT2D eigenvalue weighted by atomic mass is 32.2. The minimum atomic E-state index is -0.702. The van der Waals surface area contributed by atoms with Gasteiger partial charge >= 0.3 is 0 Å². The van der Waals surface area contributed by atoms with Gasteiger partial charge in [-0.3, -0.25) is 9.59 Å². The van der Waals surface area contributed by atoms with Crippen molar-refractivity contribution in [2.75, 3.05) is 12.3 Å². The first-order valence-electron chi connectivity index (χ1n) is 4.18. The first-order chi connectivity index (χ1) is 6.43. The lowest BCUT2D eigenvalue weighted by Crippen LogP contribution is -2.33. The van der Waals surface area contributed by atoms with Crippen molar-refractivity contribution in [1.29, 1.82) is 0 Å². The van der Waals surface area contributed by atoms with Gasteiger partial charge in [-0.25, -0.2) is 0 Å². The maximum Gasteiger partial charge on any atom is 0.246 e.